The number of carboxylic acid groups (broad SMARTS) is 1. The molecule has 1 N–H and O–H groups in total. The molecule has 0 aromatic heterocycles. The molecule has 1 saturated heterocycles. The van der Waals surface area contributed by atoms with Crippen molar-refractivity contribution < 1.29 is 33.8 Å². The summed E-state index contributed by atoms with van der Waals surface area (Å²) in [5.41, 5.74) is -2.34. The Morgan fingerprint density at radius 2 is 1.97 bits per heavy atom. The van der Waals surface area contributed by atoms with Gasteiger partial charge in [0.2, 0.25) is 0 Å². The molecule has 0 aromatic rings. The van der Waals surface area contributed by atoms with Crippen molar-refractivity contribution in [3.8, 4) is 0 Å². The molecule has 3 aliphatic rings. The number of allylic oxidation sites excluding steroid dienone is 3. The number of carboxylic acids is 1. The second kappa shape index (κ2) is 7.52. The van der Waals surface area contributed by atoms with Gasteiger partial charge < -0.3 is 14.6 Å². The molecule has 4 unspecified atom stereocenters. The third kappa shape index (κ3) is 3.02. The Morgan fingerprint density at radius 3 is 2.57 bits per heavy atom. The number of carbonyl (C=O) groups is 4. The number of aliphatic carboxylic acids is 1. The van der Waals surface area contributed by atoms with E-state index < -0.39 is 34.3 Å². The number of hydrogen-bond acceptors (Lipinski definition) is 6. The third-order valence-electron chi connectivity index (χ3n) is 7.38. The Labute approximate surface area is 175 Å². The second-order valence-electron chi connectivity index (χ2n) is 8.71. The molecule has 162 valence electrons. The molecule has 4 atom stereocenters. The predicted molar refractivity (Wildman–Crippen MR) is 107 cm³/mol. The van der Waals surface area contributed by atoms with Gasteiger partial charge in [-0.15, -0.1) is 0 Å². The van der Waals surface area contributed by atoms with Crippen LogP contribution in [0.25, 0.3) is 0 Å². The van der Waals surface area contributed by atoms with E-state index in [4.69, 9.17) is 14.6 Å². The summed E-state index contributed by atoms with van der Waals surface area (Å²) in [5.74, 6) is -2.24. The SMILES string of the molecule is COC(=O)C1=CCC23CCC(C(C)(C=CC=C(C)C(=O)O)OC2=O)C3(C(C)=O)CC1. The second-order valence-corrected chi connectivity index (χ2v) is 8.71. The Balaban J connectivity index is 2.07. The number of ether oxygens (including phenoxy) is 2. The van der Waals surface area contributed by atoms with Gasteiger partial charge in [-0.2, -0.15) is 0 Å². The maximum Gasteiger partial charge on any atom is 0.333 e. The van der Waals surface area contributed by atoms with Gasteiger partial charge >= 0.3 is 17.9 Å². The van der Waals surface area contributed by atoms with Gasteiger partial charge in [0.25, 0.3) is 0 Å². The molecule has 30 heavy (non-hydrogen) atoms. The summed E-state index contributed by atoms with van der Waals surface area (Å²) in [7, 11) is 1.31. The molecule has 0 amide bonds. The monoisotopic (exact) mass is 416 g/mol. The molecule has 2 bridgehead atoms. The number of esters is 2. The van der Waals surface area contributed by atoms with Gasteiger partial charge in [0.1, 0.15) is 11.4 Å². The lowest BCUT2D eigenvalue weighted by atomic mass is 9.53. The third-order valence-corrected chi connectivity index (χ3v) is 7.38. The quantitative estimate of drug-likeness (QED) is 0.417. The predicted octanol–water partition coefficient (Wildman–Crippen LogP) is 3.14. The highest BCUT2D eigenvalue weighted by atomic mass is 16.6. The van der Waals surface area contributed by atoms with Gasteiger partial charge in [-0.05, 0) is 59.0 Å². The lowest BCUT2D eigenvalue weighted by Gasteiger charge is -2.54. The van der Waals surface area contributed by atoms with E-state index in [1.807, 2.05) is 0 Å². The molecule has 2 fully saturated rings. The number of carbonyl (C=O) groups excluding carboxylic acids is 3. The van der Waals surface area contributed by atoms with Crippen molar-refractivity contribution in [3.63, 3.8) is 0 Å². The van der Waals surface area contributed by atoms with Crippen molar-refractivity contribution >= 4 is 23.7 Å². The first-order chi connectivity index (χ1) is 14.0. The van der Waals surface area contributed by atoms with E-state index in [2.05, 4.69) is 0 Å². The zero-order valence-corrected chi connectivity index (χ0v) is 17.8. The van der Waals surface area contributed by atoms with Crippen LogP contribution in [0.1, 0.15) is 52.9 Å². The van der Waals surface area contributed by atoms with E-state index >= 15 is 0 Å². The molecule has 1 heterocycles. The minimum atomic E-state index is -1.05. The molecule has 1 aliphatic heterocycles. The maximum atomic E-state index is 13.4. The average Bonchev–Trinajstić information content (AvgIpc) is 2.86. The highest BCUT2D eigenvalue weighted by molar-refractivity contribution is 5.96. The van der Waals surface area contributed by atoms with E-state index in [0.29, 0.717) is 31.3 Å². The smallest absolute Gasteiger partial charge is 0.333 e. The van der Waals surface area contributed by atoms with Crippen molar-refractivity contribution in [1.29, 1.82) is 0 Å². The molecule has 0 radical (unpaired) electrons. The van der Waals surface area contributed by atoms with Crippen LogP contribution < -0.4 is 0 Å². The number of methoxy groups -OCH3 is 1. The Morgan fingerprint density at radius 1 is 1.27 bits per heavy atom. The fourth-order valence-corrected chi connectivity index (χ4v) is 5.81. The number of rotatable bonds is 5. The van der Waals surface area contributed by atoms with Crippen LogP contribution in [-0.2, 0) is 28.7 Å². The normalized spacial score (nSPS) is 35.9. The van der Waals surface area contributed by atoms with E-state index in [-0.39, 0.29) is 23.7 Å². The topological polar surface area (TPSA) is 107 Å². The first-order valence-corrected chi connectivity index (χ1v) is 10.2. The summed E-state index contributed by atoms with van der Waals surface area (Å²) in [4.78, 5) is 49.7. The Hall–Kier alpha value is -2.70. The standard InChI is InChI=1S/C23H28O7/c1-14(18(25)26)6-5-10-21(3)17-9-12-22(20(28)30-21)11-7-16(19(27)29-4)8-13-23(17,22)15(2)24/h5-7,10,17H,8-9,11-13H2,1-4H3,(H,25,26). The minimum Gasteiger partial charge on any atom is -0.478 e. The fraction of sp³-hybridized carbons (Fsp3) is 0.565. The summed E-state index contributed by atoms with van der Waals surface area (Å²) in [6, 6.07) is 0. The molecular formula is C23H28O7. The van der Waals surface area contributed by atoms with Crippen molar-refractivity contribution in [2.24, 2.45) is 16.7 Å². The molecule has 7 nitrogen and oxygen atoms in total. The van der Waals surface area contributed by atoms with Gasteiger partial charge in [-0.25, -0.2) is 9.59 Å². The lowest BCUT2D eigenvalue weighted by molar-refractivity contribution is -0.205. The van der Waals surface area contributed by atoms with Crippen LogP contribution in [-0.4, -0.2) is 41.5 Å². The molecule has 0 spiro atoms. The van der Waals surface area contributed by atoms with Gasteiger partial charge in [-0.3, -0.25) is 9.59 Å². The van der Waals surface area contributed by atoms with Crippen LogP contribution in [0.5, 0.6) is 0 Å². The van der Waals surface area contributed by atoms with Crippen molar-refractivity contribution in [2.45, 2.75) is 58.5 Å². The summed E-state index contributed by atoms with van der Waals surface area (Å²) in [6.07, 6.45) is 8.58. The van der Waals surface area contributed by atoms with Crippen LogP contribution >= 0.6 is 0 Å². The number of ketones is 1. The van der Waals surface area contributed by atoms with Gasteiger partial charge in [0.15, 0.2) is 0 Å². The first kappa shape index (κ1) is 22.0. The largest absolute Gasteiger partial charge is 0.478 e. The van der Waals surface area contributed by atoms with Crippen LogP contribution in [0.4, 0.5) is 0 Å². The van der Waals surface area contributed by atoms with Crippen LogP contribution in [0.15, 0.2) is 35.5 Å². The minimum absolute atomic E-state index is 0.0713. The molecule has 0 aromatic carbocycles. The van der Waals surface area contributed by atoms with Gasteiger partial charge in [0, 0.05) is 17.1 Å². The first-order valence-electron chi connectivity index (χ1n) is 10.2. The molecule has 3 rings (SSSR count). The highest BCUT2D eigenvalue weighted by Crippen LogP contribution is 2.69. The van der Waals surface area contributed by atoms with Crippen LogP contribution in [0, 0.1) is 16.7 Å². The molecule has 7 heteroatoms. The maximum absolute atomic E-state index is 13.4. The Bertz CT molecular complexity index is 895. The summed E-state index contributed by atoms with van der Waals surface area (Å²) in [6.45, 7) is 4.77. The zero-order chi connectivity index (χ0) is 22.3. The summed E-state index contributed by atoms with van der Waals surface area (Å²) < 4.78 is 10.8. The van der Waals surface area contributed by atoms with Gasteiger partial charge in [0.05, 0.1) is 17.9 Å². The Kier molecular flexibility index (Phi) is 5.52. The van der Waals surface area contributed by atoms with E-state index in [9.17, 15) is 19.2 Å². The average molecular weight is 416 g/mol. The molecular weight excluding hydrogens is 388 g/mol. The van der Waals surface area contributed by atoms with Gasteiger partial charge in [-0.1, -0.05) is 18.2 Å². The van der Waals surface area contributed by atoms with Crippen molar-refractivity contribution in [3.05, 3.63) is 35.5 Å². The van der Waals surface area contributed by atoms with E-state index in [1.165, 1.54) is 27.0 Å². The molecule has 2 aliphatic carbocycles. The number of Topliss-reactive ketones (excluding diaryl/α,β-unsaturated/α-hetero) is 1. The van der Waals surface area contributed by atoms with E-state index in [0.717, 1.165) is 0 Å². The highest BCUT2D eigenvalue weighted by Gasteiger charge is 2.74. The summed E-state index contributed by atoms with van der Waals surface area (Å²) >= 11 is 0. The number of hydrogen-bond donors (Lipinski definition) is 1. The van der Waals surface area contributed by atoms with Crippen molar-refractivity contribution in [2.75, 3.05) is 7.11 Å². The van der Waals surface area contributed by atoms with E-state index in [1.54, 1.807) is 25.2 Å². The van der Waals surface area contributed by atoms with Crippen molar-refractivity contribution in [1.82, 2.24) is 0 Å². The number of cyclic esters (lactones) is 1. The zero-order valence-electron chi connectivity index (χ0n) is 17.8. The lowest BCUT2D eigenvalue weighted by Crippen LogP contribution is -2.62. The summed E-state index contributed by atoms with van der Waals surface area (Å²) in [5, 5.41) is 9.04. The molecule has 1 saturated carbocycles. The van der Waals surface area contributed by atoms with Crippen LogP contribution in [0.3, 0.4) is 0 Å². The fourth-order valence-electron chi connectivity index (χ4n) is 5.81. The van der Waals surface area contributed by atoms with Crippen LogP contribution in [0.2, 0.25) is 0 Å².